The van der Waals surface area contributed by atoms with Crippen molar-refractivity contribution in [1.29, 1.82) is 5.26 Å². The van der Waals surface area contributed by atoms with Gasteiger partial charge in [0.1, 0.15) is 22.9 Å². The molecule has 0 N–H and O–H groups in total. The minimum Gasteiger partial charge on any atom is -0.369 e. The fraction of sp³-hybridized carbons (Fsp3) is 0.600. The monoisotopic (exact) mass is 419 g/mol. The van der Waals surface area contributed by atoms with Gasteiger partial charge in [0, 0.05) is 38.3 Å². The predicted octanol–water partition coefficient (Wildman–Crippen LogP) is 4.05. The molecule has 0 aliphatic carbocycles. The van der Waals surface area contributed by atoms with E-state index in [2.05, 4.69) is 46.7 Å². The van der Waals surface area contributed by atoms with Crippen LogP contribution >= 0.6 is 0 Å². The highest BCUT2D eigenvalue weighted by molar-refractivity contribution is 5.92. The number of fused-ring (bicyclic) bond motifs is 1. The number of nitriles is 1. The number of aromatic nitrogens is 2. The number of anilines is 1. The molecule has 6 heteroatoms. The van der Waals surface area contributed by atoms with Crippen LogP contribution in [-0.2, 0) is 4.79 Å². The molecular formula is C25H33N5O. The first kappa shape index (κ1) is 21.7. The Morgan fingerprint density at radius 1 is 1.19 bits per heavy atom. The van der Waals surface area contributed by atoms with Crippen LogP contribution < -0.4 is 4.90 Å². The highest BCUT2D eigenvalue weighted by Crippen LogP contribution is 2.37. The SMILES string of the molecule is C[C@H]1C[C@@H](CC(=O)CC2(C)CCN(C)CC2)CN(c2ccc(C#N)c3nccnc23)C1. The Balaban J connectivity index is 1.47. The lowest BCUT2D eigenvalue weighted by atomic mass is 9.75. The minimum atomic E-state index is 0.155. The summed E-state index contributed by atoms with van der Waals surface area (Å²) in [5.41, 5.74) is 3.16. The van der Waals surface area contributed by atoms with Crippen molar-refractivity contribution in [2.45, 2.75) is 46.0 Å². The third-order valence-corrected chi connectivity index (χ3v) is 7.15. The fourth-order valence-electron chi connectivity index (χ4n) is 5.42. The van der Waals surface area contributed by atoms with E-state index in [1.165, 1.54) is 0 Å². The zero-order valence-corrected chi connectivity index (χ0v) is 19.0. The maximum atomic E-state index is 13.0. The van der Waals surface area contributed by atoms with Crippen molar-refractivity contribution in [3.63, 3.8) is 0 Å². The molecule has 1 aromatic heterocycles. The van der Waals surface area contributed by atoms with Crippen molar-refractivity contribution in [2.24, 2.45) is 17.3 Å². The molecule has 3 heterocycles. The van der Waals surface area contributed by atoms with Crippen molar-refractivity contribution >= 4 is 22.5 Å². The molecule has 0 saturated carbocycles. The van der Waals surface area contributed by atoms with Crippen LogP contribution in [0.25, 0.3) is 11.0 Å². The van der Waals surface area contributed by atoms with Gasteiger partial charge in [0.2, 0.25) is 0 Å². The van der Waals surface area contributed by atoms with Gasteiger partial charge in [-0.05, 0) is 68.8 Å². The number of likely N-dealkylation sites (tertiary alicyclic amines) is 1. The number of carbonyl (C=O) groups excluding carboxylic acids is 1. The number of hydrogen-bond acceptors (Lipinski definition) is 6. The number of carbonyl (C=O) groups is 1. The average Bonchev–Trinajstić information content (AvgIpc) is 2.74. The first-order chi connectivity index (χ1) is 14.9. The molecule has 1 aromatic carbocycles. The molecule has 2 aliphatic heterocycles. The highest BCUT2D eigenvalue weighted by Gasteiger charge is 2.33. The summed E-state index contributed by atoms with van der Waals surface area (Å²) in [6.07, 6.45) is 7.99. The van der Waals surface area contributed by atoms with Gasteiger partial charge in [0.25, 0.3) is 0 Å². The lowest BCUT2D eigenvalue weighted by molar-refractivity contribution is -0.122. The summed E-state index contributed by atoms with van der Waals surface area (Å²) in [5, 5.41) is 9.42. The predicted molar refractivity (Wildman–Crippen MR) is 123 cm³/mol. The Hall–Kier alpha value is -2.52. The van der Waals surface area contributed by atoms with Gasteiger partial charge in [-0.1, -0.05) is 13.8 Å². The molecule has 0 amide bonds. The summed E-state index contributed by atoms with van der Waals surface area (Å²) >= 11 is 0. The minimum absolute atomic E-state index is 0.155. The number of ketones is 1. The third kappa shape index (κ3) is 4.88. The summed E-state index contributed by atoms with van der Waals surface area (Å²) in [5.74, 6) is 1.27. The molecule has 31 heavy (non-hydrogen) atoms. The maximum Gasteiger partial charge on any atom is 0.133 e. The van der Waals surface area contributed by atoms with Crippen LogP contribution in [0.1, 0.15) is 51.5 Å². The van der Waals surface area contributed by atoms with Gasteiger partial charge >= 0.3 is 0 Å². The molecule has 0 spiro atoms. The topological polar surface area (TPSA) is 73.1 Å². The van der Waals surface area contributed by atoms with Gasteiger partial charge in [0.05, 0.1) is 11.3 Å². The van der Waals surface area contributed by atoms with Crippen molar-refractivity contribution in [3.05, 3.63) is 30.1 Å². The second kappa shape index (κ2) is 8.92. The Bertz CT molecular complexity index is 989. The van der Waals surface area contributed by atoms with Gasteiger partial charge < -0.3 is 9.80 Å². The van der Waals surface area contributed by atoms with Gasteiger partial charge in [-0.15, -0.1) is 0 Å². The van der Waals surface area contributed by atoms with Crippen molar-refractivity contribution in [1.82, 2.24) is 14.9 Å². The van der Waals surface area contributed by atoms with E-state index in [4.69, 9.17) is 0 Å². The van der Waals surface area contributed by atoms with E-state index in [0.717, 1.165) is 56.6 Å². The Labute approximate surface area is 185 Å². The molecule has 6 nitrogen and oxygen atoms in total. The summed E-state index contributed by atoms with van der Waals surface area (Å²) < 4.78 is 0. The quantitative estimate of drug-likeness (QED) is 0.728. The van der Waals surface area contributed by atoms with E-state index in [0.29, 0.717) is 41.5 Å². The first-order valence-electron chi connectivity index (χ1n) is 11.5. The smallest absolute Gasteiger partial charge is 0.133 e. The number of piperidine rings is 2. The molecular weight excluding hydrogens is 386 g/mol. The molecule has 4 rings (SSSR count). The zero-order chi connectivity index (χ0) is 22.0. The van der Waals surface area contributed by atoms with Crippen LogP contribution in [0.3, 0.4) is 0 Å². The van der Waals surface area contributed by atoms with Gasteiger partial charge in [0.15, 0.2) is 0 Å². The van der Waals surface area contributed by atoms with Gasteiger partial charge in [-0.2, -0.15) is 5.26 Å². The van der Waals surface area contributed by atoms with Crippen LogP contribution in [0.15, 0.2) is 24.5 Å². The number of benzene rings is 1. The fourth-order valence-corrected chi connectivity index (χ4v) is 5.42. The number of nitrogens with zero attached hydrogens (tertiary/aromatic N) is 5. The number of rotatable bonds is 5. The van der Waals surface area contributed by atoms with E-state index < -0.39 is 0 Å². The summed E-state index contributed by atoms with van der Waals surface area (Å²) in [7, 11) is 2.16. The molecule has 0 radical (unpaired) electrons. The second-order valence-corrected chi connectivity index (χ2v) is 10.1. The largest absolute Gasteiger partial charge is 0.369 e. The van der Waals surface area contributed by atoms with Crippen LogP contribution in [0.2, 0.25) is 0 Å². The summed E-state index contributed by atoms with van der Waals surface area (Å²) in [4.78, 5) is 26.7. The zero-order valence-electron chi connectivity index (χ0n) is 19.0. The molecule has 2 atom stereocenters. The normalized spacial score (nSPS) is 24.1. The molecule has 164 valence electrons. The Morgan fingerprint density at radius 3 is 2.61 bits per heavy atom. The molecule has 0 bridgehead atoms. The lowest BCUT2D eigenvalue weighted by Crippen LogP contribution is -2.41. The Morgan fingerprint density at radius 2 is 1.90 bits per heavy atom. The molecule has 2 aromatic rings. The highest BCUT2D eigenvalue weighted by atomic mass is 16.1. The second-order valence-electron chi connectivity index (χ2n) is 10.1. The van der Waals surface area contributed by atoms with Crippen LogP contribution in [0.5, 0.6) is 0 Å². The van der Waals surface area contributed by atoms with Gasteiger partial charge in [-0.3, -0.25) is 14.8 Å². The molecule has 2 aliphatic rings. The van der Waals surface area contributed by atoms with Crippen molar-refractivity contribution < 1.29 is 4.79 Å². The standard InChI is InChI=1S/C25H33N5O/c1-18-12-19(13-21(31)14-25(2)6-10-29(3)11-7-25)17-30(16-18)22-5-4-20(15-26)23-24(22)28-9-8-27-23/h4-5,8-9,18-19H,6-7,10-14,16-17H2,1-3H3/t18-,19-/m0/s1. The molecule has 2 saturated heterocycles. The number of Topliss-reactive ketones (excluding diaryl/α,β-unsaturated/α-hetero) is 1. The summed E-state index contributed by atoms with van der Waals surface area (Å²) in [6.45, 7) is 8.52. The van der Waals surface area contributed by atoms with Crippen molar-refractivity contribution in [3.8, 4) is 6.07 Å². The summed E-state index contributed by atoms with van der Waals surface area (Å²) in [6, 6.07) is 6.05. The van der Waals surface area contributed by atoms with Crippen LogP contribution in [0, 0.1) is 28.6 Å². The third-order valence-electron chi connectivity index (χ3n) is 7.15. The molecule has 2 fully saturated rings. The number of hydrogen-bond donors (Lipinski definition) is 0. The van der Waals surface area contributed by atoms with E-state index in [9.17, 15) is 10.1 Å². The van der Waals surface area contributed by atoms with Crippen molar-refractivity contribution in [2.75, 3.05) is 38.1 Å². The maximum absolute atomic E-state index is 13.0. The van der Waals surface area contributed by atoms with E-state index in [-0.39, 0.29) is 5.41 Å². The first-order valence-corrected chi connectivity index (χ1v) is 11.5. The van der Waals surface area contributed by atoms with Crippen LogP contribution in [-0.4, -0.2) is 53.9 Å². The van der Waals surface area contributed by atoms with E-state index >= 15 is 0 Å². The van der Waals surface area contributed by atoms with E-state index in [1.807, 2.05) is 12.1 Å². The van der Waals surface area contributed by atoms with E-state index in [1.54, 1.807) is 12.4 Å². The van der Waals surface area contributed by atoms with Gasteiger partial charge in [-0.25, -0.2) is 0 Å². The average molecular weight is 420 g/mol. The molecule has 0 unspecified atom stereocenters. The lowest BCUT2D eigenvalue weighted by Gasteiger charge is -2.39. The van der Waals surface area contributed by atoms with Crippen LogP contribution in [0.4, 0.5) is 5.69 Å². The Kier molecular flexibility index (Phi) is 6.24.